The van der Waals surface area contributed by atoms with Crippen LogP contribution in [0, 0.1) is 5.92 Å². The van der Waals surface area contributed by atoms with E-state index in [1.165, 1.54) is 0 Å². The largest absolute Gasteiger partial charge is 0.411 e. The number of sulfonamides is 1. The van der Waals surface area contributed by atoms with Crippen LogP contribution in [0.15, 0.2) is 0 Å². The smallest absolute Gasteiger partial charge is 0.372 e. The molecule has 8 heteroatoms. The van der Waals surface area contributed by atoms with Gasteiger partial charge in [-0.3, -0.25) is 0 Å². The minimum atomic E-state index is -4.39. The Morgan fingerprint density at radius 2 is 1.93 bits per heavy atom. The molecule has 0 aromatic heterocycles. The van der Waals surface area contributed by atoms with Crippen LogP contribution in [0.4, 0.5) is 13.2 Å². The first-order chi connectivity index (χ1) is 6.64. The van der Waals surface area contributed by atoms with Crippen LogP contribution in [0.1, 0.15) is 13.3 Å². The second kappa shape index (κ2) is 5.66. The van der Waals surface area contributed by atoms with E-state index < -0.39 is 28.7 Å². The van der Waals surface area contributed by atoms with Gasteiger partial charge in [-0.2, -0.15) is 13.2 Å². The average molecular weight is 249 g/mol. The predicted octanol–water partition coefficient (Wildman–Crippen LogP) is 0.880. The molecule has 15 heavy (non-hydrogen) atoms. The maximum Gasteiger partial charge on any atom is 0.411 e. The van der Waals surface area contributed by atoms with Crippen molar-refractivity contribution in [1.29, 1.82) is 0 Å². The van der Waals surface area contributed by atoms with Gasteiger partial charge in [0.15, 0.2) is 0 Å². The molecule has 0 saturated carbocycles. The van der Waals surface area contributed by atoms with Crippen LogP contribution in [0.25, 0.3) is 0 Å². The molecule has 0 radical (unpaired) electrons. The molecule has 0 aliphatic carbocycles. The van der Waals surface area contributed by atoms with E-state index in [2.05, 4.69) is 4.74 Å². The first-order valence-corrected chi connectivity index (χ1v) is 6.00. The first kappa shape index (κ1) is 14.7. The molecule has 0 fully saturated rings. The zero-order valence-corrected chi connectivity index (χ0v) is 9.07. The Bertz CT molecular complexity index is 276. The van der Waals surface area contributed by atoms with Crippen molar-refractivity contribution in [3.05, 3.63) is 0 Å². The third-order valence-corrected chi connectivity index (χ3v) is 2.60. The van der Waals surface area contributed by atoms with Crippen molar-refractivity contribution in [1.82, 2.24) is 0 Å². The van der Waals surface area contributed by atoms with Crippen molar-refractivity contribution < 1.29 is 26.3 Å². The summed E-state index contributed by atoms with van der Waals surface area (Å²) in [5.74, 6) is -0.858. The Kier molecular flexibility index (Phi) is 5.54. The van der Waals surface area contributed by atoms with Gasteiger partial charge < -0.3 is 4.74 Å². The molecule has 0 spiro atoms. The average Bonchev–Trinajstić information content (AvgIpc) is 1.97. The SMILES string of the molecule is CCC(COCC(F)(F)F)CS(N)(=O)=O. The van der Waals surface area contributed by atoms with Crippen molar-refractivity contribution in [3.63, 3.8) is 0 Å². The molecule has 4 nitrogen and oxygen atoms in total. The Morgan fingerprint density at radius 3 is 2.27 bits per heavy atom. The minimum Gasteiger partial charge on any atom is -0.372 e. The van der Waals surface area contributed by atoms with Crippen LogP contribution in [0.3, 0.4) is 0 Å². The molecule has 0 rings (SSSR count). The maximum atomic E-state index is 11.7. The summed E-state index contributed by atoms with van der Waals surface area (Å²) in [7, 11) is -3.66. The van der Waals surface area contributed by atoms with Gasteiger partial charge in [0.1, 0.15) is 6.61 Å². The quantitative estimate of drug-likeness (QED) is 0.759. The number of rotatable bonds is 6. The predicted molar refractivity (Wildman–Crippen MR) is 48.6 cm³/mol. The van der Waals surface area contributed by atoms with Gasteiger partial charge in [-0.15, -0.1) is 0 Å². The van der Waals surface area contributed by atoms with E-state index in [1.54, 1.807) is 6.92 Å². The Balaban J connectivity index is 3.92. The second-order valence-corrected chi connectivity index (χ2v) is 4.89. The number of ether oxygens (including phenoxy) is 1. The fourth-order valence-electron chi connectivity index (χ4n) is 0.954. The second-order valence-electron chi connectivity index (χ2n) is 3.23. The minimum absolute atomic E-state index is 0.258. The number of nitrogens with two attached hydrogens (primary N) is 1. The molecule has 2 N–H and O–H groups in total. The third kappa shape index (κ3) is 9.95. The van der Waals surface area contributed by atoms with E-state index in [1.807, 2.05) is 0 Å². The zero-order valence-electron chi connectivity index (χ0n) is 8.25. The number of primary sulfonamides is 1. The highest BCUT2D eigenvalue weighted by Crippen LogP contribution is 2.15. The fourth-order valence-corrected chi connectivity index (χ4v) is 1.94. The van der Waals surface area contributed by atoms with Crippen molar-refractivity contribution >= 4 is 10.0 Å². The van der Waals surface area contributed by atoms with E-state index in [4.69, 9.17) is 5.14 Å². The van der Waals surface area contributed by atoms with Gasteiger partial charge in [0.05, 0.1) is 12.4 Å². The maximum absolute atomic E-state index is 11.7. The van der Waals surface area contributed by atoms with Crippen LogP contribution in [-0.4, -0.2) is 33.6 Å². The van der Waals surface area contributed by atoms with Crippen LogP contribution >= 0.6 is 0 Å². The molecule has 0 aliphatic rings. The molecule has 0 aliphatic heterocycles. The molecule has 0 aromatic carbocycles. The van der Waals surface area contributed by atoms with Crippen molar-refractivity contribution in [3.8, 4) is 0 Å². The van der Waals surface area contributed by atoms with E-state index in [9.17, 15) is 21.6 Å². The van der Waals surface area contributed by atoms with Crippen LogP contribution in [0.2, 0.25) is 0 Å². The lowest BCUT2D eigenvalue weighted by Crippen LogP contribution is -2.27. The summed E-state index contributed by atoms with van der Waals surface area (Å²) in [6, 6.07) is 0. The van der Waals surface area contributed by atoms with Gasteiger partial charge in [0, 0.05) is 0 Å². The summed E-state index contributed by atoms with van der Waals surface area (Å²) in [4.78, 5) is 0. The Morgan fingerprint density at radius 1 is 1.40 bits per heavy atom. The Labute approximate surface area is 86.6 Å². The standard InChI is InChI=1S/C7H14F3NO3S/c1-2-6(4-15(11,12)13)3-14-5-7(8,9)10/h6H,2-5H2,1H3,(H2,11,12,13). The monoisotopic (exact) mass is 249 g/mol. The van der Waals surface area contributed by atoms with Gasteiger partial charge in [-0.25, -0.2) is 13.6 Å². The summed E-state index contributed by atoms with van der Waals surface area (Å²) in [5, 5.41) is 4.76. The van der Waals surface area contributed by atoms with Crippen molar-refractivity contribution in [2.75, 3.05) is 19.0 Å². The molecule has 0 aromatic rings. The summed E-state index contributed by atoms with van der Waals surface area (Å²) in [6.07, 6.45) is -3.99. The van der Waals surface area contributed by atoms with Crippen LogP contribution in [0.5, 0.6) is 0 Å². The molecule has 0 amide bonds. The highest BCUT2D eigenvalue weighted by atomic mass is 32.2. The Hall–Kier alpha value is -0.340. The lowest BCUT2D eigenvalue weighted by molar-refractivity contribution is -0.176. The van der Waals surface area contributed by atoms with E-state index in [-0.39, 0.29) is 12.4 Å². The summed E-state index contributed by atoms with van der Waals surface area (Å²) in [6.45, 7) is 0.0351. The van der Waals surface area contributed by atoms with Gasteiger partial charge in [-0.05, 0) is 5.92 Å². The van der Waals surface area contributed by atoms with Crippen LogP contribution in [-0.2, 0) is 14.8 Å². The van der Waals surface area contributed by atoms with Gasteiger partial charge in [0.2, 0.25) is 10.0 Å². The molecule has 1 atom stereocenters. The number of hydrogen-bond donors (Lipinski definition) is 1. The fraction of sp³-hybridized carbons (Fsp3) is 1.00. The molecule has 0 bridgehead atoms. The van der Waals surface area contributed by atoms with E-state index in [0.717, 1.165) is 0 Å². The molecule has 0 heterocycles. The zero-order chi connectivity index (χ0) is 12.1. The number of alkyl halides is 3. The van der Waals surface area contributed by atoms with Gasteiger partial charge >= 0.3 is 6.18 Å². The normalized spacial score (nSPS) is 15.3. The number of halogens is 3. The molecular formula is C7H14F3NO3S. The van der Waals surface area contributed by atoms with Crippen LogP contribution < -0.4 is 5.14 Å². The van der Waals surface area contributed by atoms with Gasteiger partial charge in [0.25, 0.3) is 0 Å². The van der Waals surface area contributed by atoms with E-state index >= 15 is 0 Å². The summed E-state index contributed by atoms with van der Waals surface area (Å²) < 4.78 is 60.7. The summed E-state index contributed by atoms with van der Waals surface area (Å²) in [5.41, 5.74) is 0. The topological polar surface area (TPSA) is 69.4 Å². The van der Waals surface area contributed by atoms with E-state index in [0.29, 0.717) is 6.42 Å². The highest BCUT2D eigenvalue weighted by Gasteiger charge is 2.28. The molecule has 92 valence electrons. The first-order valence-electron chi connectivity index (χ1n) is 4.29. The van der Waals surface area contributed by atoms with Gasteiger partial charge in [-0.1, -0.05) is 13.3 Å². The molecule has 0 saturated heterocycles. The molecule has 1 unspecified atom stereocenters. The third-order valence-electron chi connectivity index (χ3n) is 1.66. The van der Waals surface area contributed by atoms with Crippen molar-refractivity contribution in [2.24, 2.45) is 11.1 Å². The summed E-state index contributed by atoms with van der Waals surface area (Å²) >= 11 is 0. The number of hydrogen-bond acceptors (Lipinski definition) is 3. The molecular weight excluding hydrogens is 235 g/mol. The highest BCUT2D eigenvalue weighted by molar-refractivity contribution is 7.89. The lowest BCUT2D eigenvalue weighted by atomic mass is 10.1. The van der Waals surface area contributed by atoms with Crippen molar-refractivity contribution in [2.45, 2.75) is 19.5 Å². The lowest BCUT2D eigenvalue weighted by Gasteiger charge is -2.14.